The van der Waals surface area contributed by atoms with Crippen LogP contribution in [0.3, 0.4) is 0 Å². The Hall–Kier alpha value is -2.63. The van der Waals surface area contributed by atoms with Crippen molar-refractivity contribution in [1.29, 1.82) is 0 Å². The predicted molar refractivity (Wildman–Crippen MR) is 135 cm³/mol. The van der Waals surface area contributed by atoms with E-state index in [-0.39, 0.29) is 29.7 Å². The number of aliphatic hydroxyl groups is 1. The van der Waals surface area contributed by atoms with Crippen molar-refractivity contribution >= 4 is 35.1 Å². The number of ether oxygens (including phenoxy) is 1. The molecule has 34 heavy (non-hydrogen) atoms. The molecule has 0 bridgehead atoms. The number of halogens is 1. The van der Waals surface area contributed by atoms with Gasteiger partial charge in [-0.05, 0) is 80.3 Å². The first-order valence-electron chi connectivity index (χ1n) is 11.8. The first kappa shape index (κ1) is 24.5. The van der Waals surface area contributed by atoms with Crippen molar-refractivity contribution in [3.05, 3.63) is 69.8 Å². The van der Waals surface area contributed by atoms with Gasteiger partial charge >= 0.3 is 5.97 Å². The van der Waals surface area contributed by atoms with Gasteiger partial charge in [-0.1, -0.05) is 48.4 Å². The summed E-state index contributed by atoms with van der Waals surface area (Å²) in [5.41, 5.74) is 3.90. The lowest BCUT2D eigenvalue weighted by molar-refractivity contribution is -0.147. The van der Waals surface area contributed by atoms with Gasteiger partial charge in [-0.25, -0.2) is 4.79 Å². The minimum Gasteiger partial charge on any atom is -0.467 e. The van der Waals surface area contributed by atoms with Gasteiger partial charge in [0, 0.05) is 28.3 Å². The molecular formula is C28H32ClNO4. The highest BCUT2D eigenvalue weighted by molar-refractivity contribution is 6.30. The monoisotopic (exact) mass is 481 g/mol. The Balaban J connectivity index is 1.71. The van der Waals surface area contributed by atoms with E-state index in [1.165, 1.54) is 12.7 Å². The third-order valence-electron chi connectivity index (χ3n) is 7.54. The van der Waals surface area contributed by atoms with E-state index < -0.39 is 5.54 Å². The van der Waals surface area contributed by atoms with Crippen LogP contribution >= 0.6 is 11.6 Å². The second kappa shape index (κ2) is 9.55. The number of aliphatic hydroxyl groups excluding tert-OH is 1. The average molecular weight is 482 g/mol. The largest absolute Gasteiger partial charge is 0.467 e. The van der Waals surface area contributed by atoms with E-state index in [2.05, 4.69) is 11.4 Å². The Bertz CT molecular complexity index is 1130. The number of rotatable bonds is 7. The summed E-state index contributed by atoms with van der Waals surface area (Å²) in [6.07, 6.45) is 5.60. The number of allylic oxidation sites excluding steroid dienone is 1. The van der Waals surface area contributed by atoms with E-state index in [1.807, 2.05) is 43.3 Å². The molecule has 0 unspecified atom stereocenters. The highest BCUT2D eigenvalue weighted by Crippen LogP contribution is 2.55. The number of ketones is 1. The van der Waals surface area contributed by atoms with Crippen LogP contribution in [0.25, 0.3) is 6.08 Å². The first-order chi connectivity index (χ1) is 16.2. The van der Waals surface area contributed by atoms with Crippen LogP contribution in [0, 0.1) is 5.92 Å². The Morgan fingerprint density at radius 2 is 1.88 bits per heavy atom. The van der Waals surface area contributed by atoms with Crippen molar-refractivity contribution in [2.24, 2.45) is 5.92 Å². The lowest BCUT2D eigenvalue weighted by atomic mass is 9.61. The number of benzene rings is 2. The third-order valence-corrected chi connectivity index (χ3v) is 7.78. The second-order valence-electron chi connectivity index (χ2n) is 9.81. The number of Topliss-reactive ketones (excluding diaryl/α,β-unsaturated/α-hetero) is 1. The molecule has 2 aliphatic rings. The van der Waals surface area contributed by atoms with Gasteiger partial charge in [0.05, 0.1) is 7.11 Å². The standard InChI is InChI=1S/C28H32ClNO4/c1-18(17-31)13-22-14-21-8-7-20(19(2)32)15-25(21)27(22)9-11-28(12-10-27,26(33)34-3)30-24-6-4-5-23(29)16-24/h4-8,14-16,18,30-31H,9-13,17H2,1-3H3/t18-,27?,28?/m1/s1. The number of hydrogen-bond donors (Lipinski definition) is 2. The summed E-state index contributed by atoms with van der Waals surface area (Å²) in [5.74, 6) is -0.119. The maximum absolute atomic E-state index is 13.1. The summed E-state index contributed by atoms with van der Waals surface area (Å²) in [5, 5.41) is 13.8. The van der Waals surface area contributed by atoms with Gasteiger partial charge in [0.1, 0.15) is 5.54 Å². The molecule has 2 aliphatic carbocycles. The van der Waals surface area contributed by atoms with Crippen molar-refractivity contribution in [2.75, 3.05) is 19.0 Å². The second-order valence-corrected chi connectivity index (χ2v) is 10.2. The molecule has 1 saturated carbocycles. The highest BCUT2D eigenvalue weighted by atomic mass is 35.5. The van der Waals surface area contributed by atoms with Crippen LogP contribution < -0.4 is 5.32 Å². The lowest BCUT2D eigenvalue weighted by Crippen LogP contribution is -2.52. The summed E-state index contributed by atoms with van der Waals surface area (Å²) in [6, 6.07) is 13.3. The van der Waals surface area contributed by atoms with Crippen molar-refractivity contribution in [2.45, 2.75) is 56.9 Å². The first-order valence-corrected chi connectivity index (χ1v) is 12.2. The molecule has 180 valence electrons. The van der Waals surface area contributed by atoms with Crippen molar-refractivity contribution < 1.29 is 19.4 Å². The van der Waals surface area contributed by atoms with E-state index in [0.717, 1.165) is 36.1 Å². The molecule has 0 aliphatic heterocycles. The topological polar surface area (TPSA) is 75.6 Å². The minimum atomic E-state index is -0.862. The van der Waals surface area contributed by atoms with Crippen LogP contribution in [0.5, 0.6) is 0 Å². The minimum absolute atomic E-state index is 0.0393. The number of carbonyl (C=O) groups is 2. The molecule has 5 nitrogen and oxygen atoms in total. The quantitative estimate of drug-likeness (QED) is 0.386. The molecule has 4 rings (SSSR count). The smallest absolute Gasteiger partial charge is 0.331 e. The Labute approximate surface area is 206 Å². The molecule has 2 aromatic rings. The molecular weight excluding hydrogens is 450 g/mol. The molecule has 0 heterocycles. The van der Waals surface area contributed by atoms with Crippen LogP contribution in [0.15, 0.2) is 48.0 Å². The van der Waals surface area contributed by atoms with Crippen molar-refractivity contribution in [3.8, 4) is 0 Å². The molecule has 0 saturated heterocycles. The maximum atomic E-state index is 13.1. The zero-order valence-corrected chi connectivity index (χ0v) is 20.7. The summed E-state index contributed by atoms with van der Waals surface area (Å²) in [4.78, 5) is 25.2. The van der Waals surface area contributed by atoms with Gasteiger partial charge in [0.2, 0.25) is 0 Å². The number of esters is 1. The van der Waals surface area contributed by atoms with E-state index in [9.17, 15) is 14.7 Å². The number of nitrogens with one attached hydrogen (secondary N) is 1. The molecule has 1 spiro atoms. The summed E-state index contributed by atoms with van der Waals surface area (Å²) in [6.45, 7) is 3.75. The predicted octanol–water partition coefficient (Wildman–Crippen LogP) is 5.79. The van der Waals surface area contributed by atoms with Crippen LogP contribution in [-0.2, 0) is 14.9 Å². The molecule has 2 N–H and O–H groups in total. The number of anilines is 1. The Kier molecular flexibility index (Phi) is 6.88. The fourth-order valence-corrected chi connectivity index (χ4v) is 5.81. The Morgan fingerprint density at radius 3 is 2.50 bits per heavy atom. The number of fused-ring (bicyclic) bond motifs is 2. The van der Waals surface area contributed by atoms with Crippen LogP contribution in [0.1, 0.15) is 67.4 Å². The fraction of sp³-hybridized carbons (Fsp3) is 0.429. The summed E-state index contributed by atoms with van der Waals surface area (Å²) in [7, 11) is 1.42. The van der Waals surface area contributed by atoms with Gasteiger partial charge in [-0.2, -0.15) is 0 Å². The van der Waals surface area contributed by atoms with E-state index in [4.69, 9.17) is 16.3 Å². The number of carbonyl (C=O) groups excluding carboxylic acids is 2. The third kappa shape index (κ3) is 4.39. The van der Waals surface area contributed by atoms with Crippen molar-refractivity contribution in [1.82, 2.24) is 0 Å². The Morgan fingerprint density at radius 1 is 1.15 bits per heavy atom. The van der Waals surface area contributed by atoms with E-state index in [0.29, 0.717) is 23.4 Å². The molecule has 6 heteroatoms. The molecule has 2 aromatic carbocycles. The normalized spacial score (nSPS) is 24.3. The zero-order valence-electron chi connectivity index (χ0n) is 20.0. The summed E-state index contributed by atoms with van der Waals surface area (Å²) >= 11 is 6.19. The van der Waals surface area contributed by atoms with Crippen LogP contribution in [0.4, 0.5) is 5.69 Å². The number of hydrogen-bond acceptors (Lipinski definition) is 5. The molecule has 0 amide bonds. The summed E-state index contributed by atoms with van der Waals surface area (Å²) < 4.78 is 5.25. The van der Waals surface area contributed by atoms with E-state index in [1.54, 1.807) is 13.0 Å². The highest BCUT2D eigenvalue weighted by Gasteiger charge is 2.52. The molecule has 0 radical (unpaired) electrons. The zero-order chi connectivity index (χ0) is 24.5. The van der Waals surface area contributed by atoms with Gasteiger partial charge < -0.3 is 15.2 Å². The van der Waals surface area contributed by atoms with Gasteiger partial charge in [-0.3, -0.25) is 4.79 Å². The van der Waals surface area contributed by atoms with Gasteiger partial charge in [0.25, 0.3) is 0 Å². The fourth-order valence-electron chi connectivity index (χ4n) is 5.62. The van der Waals surface area contributed by atoms with Gasteiger partial charge in [-0.15, -0.1) is 0 Å². The molecule has 1 atom stereocenters. The maximum Gasteiger partial charge on any atom is 0.331 e. The lowest BCUT2D eigenvalue weighted by Gasteiger charge is -2.46. The van der Waals surface area contributed by atoms with Crippen LogP contribution in [0.2, 0.25) is 5.02 Å². The molecule has 0 aromatic heterocycles. The number of methoxy groups -OCH3 is 1. The van der Waals surface area contributed by atoms with Crippen LogP contribution in [-0.4, -0.2) is 36.1 Å². The van der Waals surface area contributed by atoms with Gasteiger partial charge in [0.15, 0.2) is 5.78 Å². The molecule has 1 fully saturated rings. The SMILES string of the molecule is COC(=O)C1(Nc2cccc(Cl)c2)CCC2(CC1)C(C[C@@H](C)CO)=Cc1ccc(C(C)=O)cc12. The van der Waals surface area contributed by atoms with E-state index >= 15 is 0 Å². The van der Waals surface area contributed by atoms with Crippen molar-refractivity contribution in [3.63, 3.8) is 0 Å². The average Bonchev–Trinajstić information content (AvgIpc) is 3.12.